The zero-order valence-electron chi connectivity index (χ0n) is 26.6. The molecule has 1 rings (SSSR count). The Bertz CT molecular complexity index is 1100. The number of azide groups is 1. The van der Waals surface area contributed by atoms with Gasteiger partial charge in [-0.1, -0.05) is 31.1 Å². The van der Waals surface area contributed by atoms with E-state index < -0.39 is 35.8 Å². The number of urea groups is 1. The Labute approximate surface area is 268 Å². The molecule has 1 aromatic carbocycles. The van der Waals surface area contributed by atoms with E-state index in [0.29, 0.717) is 57.3 Å². The smallest absolute Gasteiger partial charge is 0.312 e. The number of aliphatic hydroxyl groups excluding tert-OH is 1. The van der Waals surface area contributed by atoms with E-state index in [0.717, 1.165) is 0 Å². The summed E-state index contributed by atoms with van der Waals surface area (Å²) in [7, 11) is 0. The normalized spacial score (nSPS) is 12.2. The fraction of sp³-hybridized carbons (Fsp3) is 0.655. The van der Waals surface area contributed by atoms with Crippen LogP contribution in [-0.2, 0) is 39.9 Å². The number of hydrogen-bond acceptors (Lipinski definition) is 10. The number of benzene rings is 1. The number of anilines is 1. The summed E-state index contributed by atoms with van der Waals surface area (Å²) in [6.07, 6.45) is 0.416. The van der Waals surface area contributed by atoms with Gasteiger partial charge in [0.1, 0.15) is 12.1 Å². The largest absolute Gasteiger partial charge is 0.392 e. The van der Waals surface area contributed by atoms with Crippen molar-refractivity contribution in [3.63, 3.8) is 0 Å². The molecule has 258 valence electrons. The maximum atomic E-state index is 14.0. The van der Waals surface area contributed by atoms with Gasteiger partial charge in [0.15, 0.2) is 0 Å². The molecule has 0 aromatic heterocycles. The molecule has 2 atom stereocenters. The molecule has 1 aromatic rings. The standard InChI is InChI=1S/C29H48N8O9/c1-21(2)26(35-25(39)9-12-43-14-16-45-18-19-46-17-15-44-13-11-34-36-32)28(41)37(23-7-5-22(20-38)6-8-23)24(27(30)40)4-3-10-33-29(31)42/h5-8,21,24,26,38H,3-4,9-20H2,1-2H3,(H2,30,40)(H,35,39)(H3,31,33,42)/t24-,26-/m0/s1. The van der Waals surface area contributed by atoms with Gasteiger partial charge in [-0.05, 0) is 42.0 Å². The van der Waals surface area contributed by atoms with Crippen LogP contribution in [0.1, 0.15) is 38.7 Å². The van der Waals surface area contributed by atoms with Gasteiger partial charge in [0.2, 0.25) is 11.8 Å². The zero-order valence-corrected chi connectivity index (χ0v) is 26.6. The second-order valence-corrected chi connectivity index (χ2v) is 10.3. The molecule has 17 nitrogen and oxygen atoms in total. The number of aliphatic hydroxyl groups is 1. The van der Waals surface area contributed by atoms with Gasteiger partial charge in [-0.2, -0.15) is 0 Å². The van der Waals surface area contributed by atoms with Gasteiger partial charge in [-0.25, -0.2) is 4.79 Å². The summed E-state index contributed by atoms with van der Waals surface area (Å²) in [6.45, 7) is 6.25. The average Bonchev–Trinajstić information content (AvgIpc) is 3.02. The topological polar surface area (TPSA) is 254 Å². The zero-order chi connectivity index (χ0) is 34.2. The number of rotatable bonds is 26. The fourth-order valence-corrected chi connectivity index (χ4v) is 4.11. The molecule has 0 spiro atoms. The average molecular weight is 653 g/mol. The lowest BCUT2D eigenvalue weighted by molar-refractivity contribution is -0.130. The first-order valence-electron chi connectivity index (χ1n) is 15.1. The minimum Gasteiger partial charge on any atom is -0.392 e. The van der Waals surface area contributed by atoms with Crippen LogP contribution in [0.2, 0.25) is 0 Å². The van der Waals surface area contributed by atoms with Gasteiger partial charge in [-0.15, -0.1) is 0 Å². The molecule has 0 heterocycles. The highest BCUT2D eigenvalue weighted by molar-refractivity contribution is 6.04. The summed E-state index contributed by atoms with van der Waals surface area (Å²) in [6, 6.07) is 3.63. The van der Waals surface area contributed by atoms with Crippen molar-refractivity contribution in [3.05, 3.63) is 40.3 Å². The van der Waals surface area contributed by atoms with E-state index in [1.165, 1.54) is 4.90 Å². The quantitative estimate of drug-likeness (QED) is 0.0408. The number of nitrogens with two attached hydrogens (primary N) is 2. The number of primary amides is 2. The van der Waals surface area contributed by atoms with E-state index in [2.05, 4.69) is 20.7 Å². The number of carbonyl (C=O) groups excluding carboxylic acids is 4. The third kappa shape index (κ3) is 16.9. The highest BCUT2D eigenvalue weighted by atomic mass is 16.6. The molecule has 7 N–H and O–H groups in total. The maximum Gasteiger partial charge on any atom is 0.312 e. The second kappa shape index (κ2) is 24.3. The summed E-state index contributed by atoms with van der Waals surface area (Å²) in [5.74, 6) is -2.06. The van der Waals surface area contributed by atoms with Crippen molar-refractivity contribution in [1.29, 1.82) is 0 Å². The van der Waals surface area contributed by atoms with E-state index in [1.54, 1.807) is 38.1 Å². The van der Waals surface area contributed by atoms with Gasteiger partial charge in [0.05, 0.1) is 59.5 Å². The number of amides is 5. The summed E-state index contributed by atoms with van der Waals surface area (Å²) in [5, 5.41) is 18.0. The third-order valence-corrected chi connectivity index (χ3v) is 6.47. The molecule has 0 saturated heterocycles. The minimum absolute atomic E-state index is 0.0114. The minimum atomic E-state index is -1.09. The number of nitrogens with one attached hydrogen (secondary N) is 2. The van der Waals surface area contributed by atoms with E-state index in [1.807, 2.05) is 0 Å². The van der Waals surface area contributed by atoms with Crippen molar-refractivity contribution in [2.45, 2.75) is 51.8 Å². The molecule has 5 amide bonds. The predicted molar refractivity (Wildman–Crippen MR) is 168 cm³/mol. The first-order valence-corrected chi connectivity index (χ1v) is 15.1. The fourth-order valence-electron chi connectivity index (χ4n) is 4.11. The van der Waals surface area contributed by atoms with Gasteiger partial charge < -0.3 is 46.2 Å². The molecule has 0 bridgehead atoms. The highest BCUT2D eigenvalue weighted by Gasteiger charge is 2.36. The lowest BCUT2D eigenvalue weighted by Gasteiger charge is -2.34. The van der Waals surface area contributed by atoms with Gasteiger partial charge in [0.25, 0.3) is 5.91 Å². The van der Waals surface area contributed by atoms with Gasteiger partial charge in [0, 0.05) is 30.1 Å². The molecule has 0 unspecified atom stereocenters. The Hall–Kier alpha value is -3.99. The van der Waals surface area contributed by atoms with Crippen LogP contribution in [0.15, 0.2) is 29.4 Å². The van der Waals surface area contributed by atoms with Crippen LogP contribution in [0.4, 0.5) is 10.5 Å². The van der Waals surface area contributed by atoms with Crippen molar-refractivity contribution >= 4 is 29.4 Å². The van der Waals surface area contributed by atoms with Gasteiger partial charge >= 0.3 is 6.03 Å². The molecule has 0 aliphatic heterocycles. The van der Waals surface area contributed by atoms with Crippen molar-refractivity contribution < 1.29 is 43.2 Å². The Morgan fingerprint density at radius 3 is 2.00 bits per heavy atom. The molecule has 0 saturated carbocycles. The van der Waals surface area contributed by atoms with E-state index >= 15 is 0 Å². The van der Waals surface area contributed by atoms with Crippen molar-refractivity contribution in [3.8, 4) is 0 Å². The first kappa shape index (κ1) is 40.0. The lowest BCUT2D eigenvalue weighted by atomic mass is 9.99. The van der Waals surface area contributed by atoms with E-state index in [-0.39, 0.29) is 51.7 Å². The summed E-state index contributed by atoms with van der Waals surface area (Å²) >= 11 is 0. The SMILES string of the molecule is CC(C)[C@H](NC(=O)CCOCCOCCOCCOCCN=[N+]=[N-])C(=O)N(c1ccc(CO)cc1)[C@@H](CCCNC(N)=O)C(N)=O. The first-order chi connectivity index (χ1) is 22.1. The van der Waals surface area contributed by atoms with Crippen molar-refractivity contribution in [2.24, 2.45) is 22.5 Å². The lowest BCUT2D eigenvalue weighted by Crippen LogP contribution is -2.57. The van der Waals surface area contributed by atoms with Crippen LogP contribution < -0.4 is 27.0 Å². The molecule has 46 heavy (non-hydrogen) atoms. The van der Waals surface area contributed by atoms with E-state index in [9.17, 15) is 24.3 Å². The Kier molecular flexibility index (Phi) is 21.1. The van der Waals surface area contributed by atoms with Crippen LogP contribution in [0, 0.1) is 5.92 Å². The monoisotopic (exact) mass is 652 g/mol. The summed E-state index contributed by atoms with van der Waals surface area (Å²) < 4.78 is 21.5. The molecule has 17 heteroatoms. The van der Waals surface area contributed by atoms with Crippen LogP contribution in [-0.4, -0.2) is 107 Å². The van der Waals surface area contributed by atoms with Crippen LogP contribution in [0.5, 0.6) is 0 Å². The Balaban J connectivity index is 2.64. The Morgan fingerprint density at radius 2 is 1.50 bits per heavy atom. The van der Waals surface area contributed by atoms with Crippen molar-refractivity contribution in [2.75, 3.05) is 70.8 Å². The van der Waals surface area contributed by atoms with E-state index in [4.69, 9.17) is 35.9 Å². The number of hydrogen-bond donors (Lipinski definition) is 5. The number of nitrogens with zero attached hydrogens (tertiary/aromatic N) is 4. The second-order valence-electron chi connectivity index (χ2n) is 10.3. The third-order valence-electron chi connectivity index (χ3n) is 6.47. The van der Waals surface area contributed by atoms with Crippen LogP contribution in [0.25, 0.3) is 10.4 Å². The molecule has 0 aliphatic carbocycles. The number of ether oxygens (including phenoxy) is 4. The van der Waals surface area contributed by atoms with Gasteiger partial charge in [-0.3, -0.25) is 19.3 Å². The molecular weight excluding hydrogens is 604 g/mol. The number of carbonyl (C=O) groups is 4. The Morgan fingerprint density at radius 1 is 0.935 bits per heavy atom. The molecule has 0 aliphatic rings. The van der Waals surface area contributed by atoms with Crippen LogP contribution in [0.3, 0.4) is 0 Å². The highest BCUT2D eigenvalue weighted by Crippen LogP contribution is 2.23. The maximum absolute atomic E-state index is 14.0. The summed E-state index contributed by atoms with van der Waals surface area (Å²) in [5.41, 5.74) is 20.0. The molecular formula is C29H48N8O9. The molecule has 0 fully saturated rings. The van der Waals surface area contributed by atoms with Crippen molar-refractivity contribution in [1.82, 2.24) is 10.6 Å². The predicted octanol–water partition coefficient (Wildman–Crippen LogP) is 0.722. The summed E-state index contributed by atoms with van der Waals surface area (Å²) in [4.78, 5) is 54.3. The van der Waals surface area contributed by atoms with Crippen LogP contribution >= 0.6 is 0 Å². The molecule has 0 radical (unpaired) electrons.